The highest BCUT2D eigenvalue weighted by molar-refractivity contribution is 5.96. The van der Waals surface area contributed by atoms with E-state index in [-0.39, 0.29) is 12.2 Å². The van der Waals surface area contributed by atoms with Crippen LogP contribution in [0.25, 0.3) is 0 Å². The molecule has 0 aliphatic carbocycles. The topological polar surface area (TPSA) is 172 Å². The Balaban J connectivity index is 1.75. The average Bonchev–Trinajstić information content (AvgIpc) is 3.06. The zero-order chi connectivity index (χ0) is 25.8. The summed E-state index contributed by atoms with van der Waals surface area (Å²) in [5, 5.41) is 34.3. The molecule has 0 spiro atoms. The summed E-state index contributed by atoms with van der Waals surface area (Å²) < 4.78 is 11.5. The Morgan fingerprint density at radius 1 is 1.17 bits per heavy atom. The molecule has 0 bridgehead atoms. The van der Waals surface area contributed by atoms with E-state index in [1.54, 1.807) is 45.0 Å². The minimum absolute atomic E-state index is 0.0907. The van der Waals surface area contributed by atoms with Crippen LogP contribution in [0.2, 0.25) is 0 Å². The molecule has 12 nitrogen and oxygen atoms in total. The van der Waals surface area contributed by atoms with Crippen LogP contribution < -0.4 is 16.3 Å². The van der Waals surface area contributed by atoms with E-state index in [1.807, 2.05) is 6.07 Å². The lowest BCUT2D eigenvalue weighted by Gasteiger charge is -2.23. The van der Waals surface area contributed by atoms with Crippen LogP contribution in [0.1, 0.15) is 32.6 Å². The Morgan fingerprint density at radius 3 is 2.43 bits per heavy atom. The van der Waals surface area contributed by atoms with Gasteiger partial charge < -0.3 is 35.4 Å². The molecule has 190 valence electrons. The quantitative estimate of drug-likeness (QED) is 0.356. The van der Waals surface area contributed by atoms with Crippen LogP contribution >= 0.6 is 0 Å². The van der Waals surface area contributed by atoms with Gasteiger partial charge in [-0.25, -0.2) is 9.59 Å². The second kappa shape index (κ2) is 11.0. The molecular formula is C23H30N4O8. The largest absolute Gasteiger partial charge is 0.444 e. The molecule has 5 N–H and O–H groups in total. The monoisotopic (exact) mass is 490 g/mol. The Labute approximate surface area is 201 Å². The molecule has 2 amide bonds. The number of hydrogen-bond donors (Lipinski definition) is 5. The number of ether oxygens (including phenoxy) is 2. The van der Waals surface area contributed by atoms with Gasteiger partial charge in [0.2, 0.25) is 5.91 Å². The van der Waals surface area contributed by atoms with E-state index < -0.39 is 60.5 Å². The van der Waals surface area contributed by atoms with E-state index in [4.69, 9.17) is 9.47 Å². The lowest BCUT2D eigenvalue weighted by Crippen LogP contribution is -2.47. The van der Waals surface area contributed by atoms with E-state index in [9.17, 15) is 29.7 Å². The second-order valence-electron chi connectivity index (χ2n) is 9.11. The number of amides is 2. The van der Waals surface area contributed by atoms with Gasteiger partial charge in [-0.3, -0.25) is 9.36 Å². The molecule has 0 radical (unpaired) electrons. The molecule has 5 atom stereocenters. The van der Waals surface area contributed by atoms with Crippen molar-refractivity contribution in [2.24, 2.45) is 0 Å². The van der Waals surface area contributed by atoms with Crippen molar-refractivity contribution < 1.29 is 34.4 Å². The van der Waals surface area contributed by atoms with Crippen LogP contribution in [0.3, 0.4) is 0 Å². The fourth-order valence-electron chi connectivity index (χ4n) is 3.51. The number of benzene rings is 1. The SMILES string of the molecule is CC(C)(C)OC(=O)NC(Cc1ccccc1)C(=O)Nc1ccn(C2OC(CO)C(O)C2O)c(=O)n1. The van der Waals surface area contributed by atoms with Gasteiger partial charge >= 0.3 is 11.8 Å². The third-order valence-corrected chi connectivity index (χ3v) is 5.16. The predicted molar refractivity (Wildman–Crippen MR) is 123 cm³/mol. The number of aliphatic hydroxyl groups excluding tert-OH is 3. The first-order valence-corrected chi connectivity index (χ1v) is 11.0. The highest BCUT2D eigenvalue weighted by Gasteiger charge is 2.43. The Morgan fingerprint density at radius 2 is 1.86 bits per heavy atom. The number of carbonyl (C=O) groups is 2. The van der Waals surface area contributed by atoms with Gasteiger partial charge in [-0.05, 0) is 32.4 Å². The summed E-state index contributed by atoms with van der Waals surface area (Å²) in [6.45, 7) is 4.55. The van der Waals surface area contributed by atoms with Gasteiger partial charge in [-0.15, -0.1) is 0 Å². The zero-order valence-electron chi connectivity index (χ0n) is 19.6. The van der Waals surface area contributed by atoms with Gasteiger partial charge in [0.1, 0.15) is 35.8 Å². The molecule has 1 aromatic carbocycles. The molecule has 3 rings (SSSR count). The van der Waals surface area contributed by atoms with E-state index in [0.29, 0.717) is 0 Å². The molecule has 1 saturated heterocycles. The number of nitrogens with one attached hydrogen (secondary N) is 2. The maximum atomic E-state index is 13.0. The van der Waals surface area contributed by atoms with Gasteiger partial charge in [0, 0.05) is 12.6 Å². The molecule has 1 aliphatic rings. The molecular weight excluding hydrogens is 460 g/mol. The van der Waals surface area contributed by atoms with E-state index in [1.165, 1.54) is 12.3 Å². The lowest BCUT2D eigenvalue weighted by molar-refractivity contribution is -0.118. The van der Waals surface area contributed by atoms with Gasteiger partial charge in [-0.2, -0.15) is 4.98 Å². The summed E-state index contributed by atoms with van der Waals surface area (Å²) in [4.78, 5) is 41.6. The zero-order valence-corrected chi connectivity index (χ0v) is 19.6. The molecule has 0 saturated carbocycles. The van der Waals surface area contributed by atoms with E-state index in [2.05, 4.69) is 15.6 Å². The van der Waals surface area contributed by atoms with Crippen LogP contribution in [0, 0.1) is 0 Å². The van der Waals surface area contributed by atoms with Crippen molar-refractivity contribution in [2.45, 2.75) is 63.4 Å². The van der Waals surface area contributed by atoms with Crippen molar-refractivity contribution in [3.63, 3.8) is 0 Å². The minimum atomic E-state index is -1.46. The third kappa shape index (κ3) is 6.85. The van der Waals surface area contributed by atoms with Crippen LogP contribution in [-0.4, -0.2) is 73.4 Å². The molecule has 35 heavy (non-hydrogen) atoms. The number of aliphatic hydroxyl groups is 3. The molecule has 12 heteroatoms. The van der Waals surface area contributed by atoms with Crippen LogP contribution in [-0.2, 0) is 20.7 Å². The highest BCUT2D eigenvalue weighted by Crippen LogP contribution is 2.28. The average molecular weight is 491 g/mol. The second-order valence-corrected chi connectivity index (χ2v) is 9.11. The maximum Gasteiger partial charge on any atom is 0.408 e. The fourth-order valence-corrected chi connectivity index (χ4v) is 3.51. The number of anilines is 1. The molecule has 1 aromatic heterocycles. The predicted octanol–water partition coefficient (Wildman–Crippen LogP) is -0.0707. The van der Waals surface area contributed by atoms with Crippen LogP contribution in [0.15, 0.2) is 47.4 Å². The summed E-state index contributed by atoms with van der Waals surface area (Å²) in [7, 11) is 0. The van der Waals surface area contributed by atoms with Crippen molar-refractivity contribution in [3.8, 4) is 0 Å². The number of rotatable bonds is 7. The Hall–Kier alpha value is -3.32. The lowest BCUT2D eigenvalue weighted by atomic mass is 10.1. The number of nitrogens with zero attached hydrogens (tertiary/aromatic N) is 2. The normalized spacial score (nSPS) is 22.9. The minimum Gasteiger partial charge on any atom is -0.444 e. The van der Waals surface area contributed by atoms with Gasteiger partial charge in [0.15, 0.2) is 6.23 Å². The Kier molecular flexibility index (Phi) is 8.22. The van der Waals surface area contributed by atoms with E-state index >= 15 is 0 Å². The van der Waals surface area contributed by atoms with E-state index in [0.717, 1.165) is 10.1 Å². The molecule has 2 heterocycles. The number of hydrogen-bond acceptors (Lipinski definition) is 9. The van der Waals surface area contributed by atoms with Crippen molar-refractivity contribution in [1.29, 1.82) is 0 Å². The van der Waals surface area contributed by atoms with Crippen LogP contribution in [0.4, 0.5) is 10.6 Å². The first-order chi connectivity index (χ1) is 16.5. The fraction of sp³-hybridized carbons (Fsp3) is 0.478. The Bertz CT molecular complexity index is 1080. The number of alkyl carbamates (subject to hydrolysis) is 1. The summed E-state index contributed by atoms with van der Waals surface area (Å²) in [6.07, 6.45) is -4.54. The maximum absolute atomic E-state index is 13.0. The summed E-state index contributed by atoms with van der Waals surface area (Å²) in [5.74, 6) is -0.718. The molecule has 2 aromatic rings. The third-order valence-electron chi connectivity index (χ3n) is 5.16. The van der Waals surface area contributed by atoms with Crippen molar-refractivity contribution in [3.05, 3.63) is 58.6 Å². The van der Waals surface area contributed by atoms with Crippen LogP contribution in [0.5, 0.6) is 0 Å². The smallest absolute Gasteiger partial charge is 0.408 e. The highest BCUT2D eigenvalue weighted by atomic mass is 16.6. The van der Waals surface area contributed by atoms with Crippen molar-refractivity contribution in [2.75, 3.05) is 11.9 Å². The first kappa shape index (κ1) is 26.3. The van der Waals surface area contributed by atoms with Gasteiger partial charge in [-0.1, -0.05) is 30.3 Å². The van der Waals surface area contributed by atoms with Crippen molar-refractivity contribution in [1.82, 2.24) is 14.9 Å². The summed E-state index contributed by atoms with van der Waals surface area (Å²) >= 11 is 0. The van der Waals surface area contributed by atoms with Crippen molar-refractivity contribution >= 4 is 17.8 Å². The number of aromatic nitrogens is 2. The standard InChI is InChI=1S/C23H30N4O8/c1-23(2,3)35-22(33)24-14(11-13-7-5-4-6-8-13)19(31)25-16-9-10-27(21(32)26-16)20-18(30)17(29)15(12-28)34-20/h4-10,14-15,17-18,20,28-30H,11-12H2,1-3H3,(H,24,33)(H,25,26,31,32). The van der Waals surface area contributed by atoms with Gasteiger partial charge in [0.25, 0.3) is 0 Å². The molecule has 1 fully saturated rings. The number of carbonyl (C=O) groups excluding carboxylic acids is 2. The van der Waals surface area contributed by atoms with Gasteiger partial charge in [0.05, 0.1) is 6.61 Å². The summed E-state index contributed by atoms with van der Waals surface area (Å²) in [5.41, 5.74) is -0.840. The molecule has 5 unspecified atom stereocenters. The first-order valence-electron chi connectivity index (χ1n) is 11.0. The summed E-state index contributed by atoms with van der Waals surface area (Å²) in [6, 6.07) is 9.31. The molecule has 1 aliphatic heterocycles.